The van der Waals surface area contributed by atoms with Crippen LogP contribution in [0.5, 0.6) is 0 Å². The van der Waals surface area contributed by atoms with Crippen molar-refractivity contribution in [1.29, 1.82) is 0 Å². The van der Waals surface area contributed by atoms with Crippen LogP contribution in [0.25, 0.3) is 11.1 Å². The van der Waals surface area contributed by atoms with Gasteiger partial charge < -0.3 is 0 Å². The molecule has 28 heavy (non-hydrogen) atoms. The lowest BCUT2D eigenvalue weighted by molar-refractivity contribution is 0.325. The van der Waals surface area contributed by atoms with Crippen molar-refractivity contribution in [3.63, 3.8) is 0 Å². The molecular formula is C22H19FN2O2S. The summed E-state index contributed by atoms with van der Waals surface area (Å²) >= 11 is 0. The Morgan fingerprint density at radius 1 is 1.04 bits per heavy atom. The second-order valence-corrected chi connectivity index (χ2v) is 9.64. The maximum atomic E-state index is 13.1. The molecule has 1 saturated heterocycles. The quantitative estimate of drug-likeness (QED) is 0.681. The van der Waals surface area contributed by atoms with E-state index in [0.717, 1.165) is 22.3 Å². The molecule has 0 radical (unpaired) electrons. The number of rotatable bonds is 3. The molecule has 0 saturated carbocycles. The Labute approximate surface area is 163 Å². The summed E-state index contributed by atoms with van der Waals surface area (Å²) < 4.78 is 39.3. The molecule has 0 bridgehead atoms. The summed E-state index contributed by atoms with van der Waals surface area (Å²) in [6.45, 7) is 1.81. The number of sulfone groups is 1. The van der Waals surface area contributed by atoms with E-state index in [1.807, 2.05) is 24.3 Å². The molecule has 0 amide bonds. The summed E-state index contributed by atoms with van der Waals surface area (Å²) in [7, 11) is -3.33. The highest BCUT2D eigenvalue weighted by Gasteiger charge is 2.50. The predicted molar refractivity (Wildman–Crippen MR) is 105 cm³/mol. The van der Waals surface area contributed by atoms with E-state index in [9.17, 15) is 12.8 Å². The standard InChI is InChI=1S/C22H19FN2O2S/c23-18-6-3-15(4-7-18)12-25-13-20-19-10-16(17-2-1-9-24-11-17)5-8-21(19)28(26,27)22(20)14-25/h1-11,20,22H,12-14H2/t20-,22+/m0/s1. The van der Waals surface area contributed by atoms with Gasteiger partial charge in [0, 0.05) is 37.9 Å². The summed E-state index contributed by atoms with van der Waals surface area (Å²) in [6.07, 6.45) is 3.51. The first-order valence-corrected chi connectivity index (χ1v) is 10.8. The lowest BCUT2D eigenvalue weighted by Gasteiger charge is -2.17. The number of likely N-dealkylation sites (tertiary alicyclic amines) is 1. The highest BCUT2D eigenvalue weighted by atomic mass is 32.2. The molecule has 1 fully saturated rings. The van der Waals surface area contributed by atoms with E-state index in [1.54, 1.807) is 30.6 Å². The number of halogens is 1. The molecule has 4 nitrogen and oxygen atoms in total. The number of nitrogens with zero attached hydrogens (tertiary/aromatic N) is 2. The van der Waals surface area contributed by atoms with Crippen molar-refractivity contribution in [2.75, 3.05) is 13.1 Å². The summed E-state index contributed by atoms with van der Waals surface area (Å²) in [5, 5.41) is -0.410. The van der Waals surface area contributed by atoms with Gasteiger partial charge in [-0.1, -0.05) is 24.3 Å². The molecule has 3 heterocycles. The van der Waals surface area contributed by atoms with Gasteiger partial charge in [-0.05, 0) is 52.6 Å². The Balaban J connectivity index is 1.46. The summed E-state index contributed by atoms with van der Waals surface area (Å²) in [6, 6.07) is 15.9. The van der Waals surface area contributed by atoms with Crippen molar-refractivity contribution >= 4 is 9.84 Å². The van der Waals surface area contributed by atoms with Crippen molar-refractivity contribution in [3.8, 4) is 11.1 Å². The Hall–Kier alpha value is -2.57. The van der Waals surface area contributed by atoms with Crippen LogP contribution in [-0.4, -0.2) is 36.6 Å². The smallest absolute Gasteiger partial charge is 0.183 e. The second kappa shape index (κ2) is 6.50. The third kappa shape index (κ3) is 2.84. The topological polar surface area (TPSA) is 50.3 Å². The Morgan fingerprint density at radius 2 is 1.86 bits per heavy atom. The fourth-order valence-corrected chi connectivity index (χ4v) is 6.61. The van der Waals surface area contributed by atoms with E-state index < -0.39 is 15.1 Å². The molecule has 5 rings (SSSR count). The Morgan fingerprint density at radius 3 is 2.61 bits per heavy atom. The minimum atomic E-state index is -3.33. The number of hydrogen-bond acceptors (Lipinski definition) is 4. The molecule has 3 aromatic rings. The zero-order valence-corrected chi connectivity index (χ0v) is 15.9. The molecule has 6 heteroatoms. The van der Waals surface area contributed by atoms with Crippen LogP contribution in [0.15, 0.2) is 71.9 Å². The van der Waals surface area contributed by atoms with Crippen molar-refractivity contribution < 1.29 is 12.8 Å². The van der Waals surface area contributed by atoms with E-state index in [4.69, 9.17) is 0 Å². The highest BCUT2D eigenvalue weighted by molar-refractivity contribution is 7.92. The molecule has 0 unspecified atom stereocenters. The fourth-order valence-electron chi connectivity index (χ4n) is 4.42. The van der Waals surface area contributed by atoms with Crippen LogP contribution in [0.1, 0.15) is 17.0 Å². The Bertz CT molecular complexity index is 1130. The van der Waals surface area contributed by atoms with Crippen LogP contribution in [0.4, 0.5) is 4.39 Å². The van der Waals surface area contributed by atoms with Crippen LogP contribution in [0.3, 0.4) is 0 Å². The minimum Gasteiger partial charge on any atom is -0.297 e. The SMILES string of the molecule is O=S1(=O)c2ccc(-c3cccnc3)cc2[C@@H]2CN(Cc3ccc(F)cc3)C[C@H]21. The minimum absolute atomic E-state index is 0.0305. The lowest BCUT2D eigenvalue weighted by Crippen LogP contribution is -2.25. The molecular weight excluding hydrogens is 375 g/mol. The van der Waals surface area contributed by atoms with Gasteiger partial charge in [0.2, 0.25) is 0 Å². The predicted octanol–water partition coefficient (Wildman–Crippen LogP) is 3.64. The molecule has 2 atom stereocenters. The molecule has 1 aromatic heterocycles. The van der Waals surface area contributed by atoms with E-state index in [1.165, 1.54) is 12.1 Å². The molecule has 2 aliphatic heterocycles. The zero-order chi connectivity index (χ0) is 19.3. The largest absolute Gasteiger partial charge is 0.297 e. The van der Waals surface area contributed by atoms with Gasteiger partial charge in [-0.15, -0.1) is 0 Å². The van der Waals surface area contributed by atoms with Crippen molar-refractivity contribution in [3.05, 3.63) is 83.9 Å². The van der Waals surface area contributed by atoms with Gasteiger partial charge in [0.25, 0.3) is 0 Å². The third-order valence-corrected chi connectivity index (χ3v) is 8.03. The zero-order valence-electron chi connectivity index (χ0n) is 15.1. The van der Waals surface area contributed by atoms with Gasteiger partial charge in [-0.25, -0.2) is 12.8 Å². The monoisotopic (exact) mass is 394 g/mol. The average Bonchev–Trinajstić information content (AvgIpc) is 3.22. The van der Waals surface area contributed by atoms with Gasteiger partial charge in [0.05, 0.1) is 10.1 Å². The number of pyridine rings is 1. The first kappa shape index (κ1) is 17.5. The van der Waals surface area contributed by atoms with Crippen molar-refractivity contribution in [1.82, 2.24) is 9.88 Å². The molecule has 2 aromatic carbocycles. The van der Waals surface area contributed by atoms with Crippen molar-refractivity contribution in [2.24, 2.45) is 0 Å². The van der Waals surface area contributed by atoms with Crippen molar-refractivity contribution in [2.45, 2.75) is 22.6 Å². The summed E-state index contributed by atoms with van der Waals surface area (Å²) in [5.41, 5.74) is 3.86. The maximum absolute atomic E-state index is 13.1. The number of benzene rings is 2. The van der Waals surface area contributed by atoms with Gasteiger partial charge in [-0.2, -0.15) is 0 Å². The molecule has 0 N–H and O–H groups in total. The molecule has 2 aliphatic rings. The first-order chi connectivity index (χ1) is 13.5. The number of hydrogen-bond donors (Lipinski definition) is 0. The normalized spacial score (nSPS) is 22.8. The fraction of sp³-hybridized carbons (Fsp3) is 0.227. The van der Waals surface area contributed by atoms with E-state index >= 15 is 0 Å². The van der Waals surface area contributed by atoms with Gasteiger partial charge >= 0.3 is 0 Å². The maximum Gasteiger partial charge on any atom is 0.183 e. The molecule has 0 spiro atoms. The van der Waals surface area contributed by atoms with Gasteiger partial charge in [-0.3, -0.25) is 9.88 Å². The van der Waals surface area contributed by atoms with Crippen LogP contribution < -0.4 is 0 Å². The van der Waals surface area contributed by atoms with E-state index in [0.29, 0.717) is 24.5 Å². The summed E-state index contributed by atoms with van der Waals surface area (Å²) in [5.74, 6) is -0.293. The average molecular weight is 394 g/mol. The second-order valence-electron chi connectivity index (χ2n) is 7.50. The summed E-state index contributed by atoms with van der Waals surface area (Å²) in [4.78, 5) is 6.78. The highest BCUT2D eigenvalue weighted by Crippen LogP contribution is 2.46. The number of fused-ring (bicyclic) bond motifs is 3. The van der Waals surface area contributed by atoms with Gasteiger partial charge in [0.1, 0.15) is 5.82 Å². The molecule has 142 valence electrons. The molecule has 0 aliphatic carbocycles. The van der Waals surface area contributed by atoms with Crippen LogP contribution in [0, 0.1) is 5.82 Å². The van der Waals surface area contributed by atoms with Crippen LogP contribution >= 0.6 is 0 Å². The first-order valence-electron chi connectivity index (χ1n) is 9.27. The van der Waals surface area contributed by atoms with E-state index in [-0.39, 0.29) is 11.7 Å². The van der Waals surface area contributed by atoms with Crippen LogP contribution in [-0.2, 0) is 16.4 Å². The van der Waals surface area contributed by atoms with Gasteiger partial charge in [0.15, 0.2) is 9.84 Å². The third-order valence-electron chi connectivity index (χ3n) is 5.77. The van der Waals surface area contributed by atoms with Crippen LogP contribution in [0.2, 0.25) is 0 Å². The van der Waals surface area contributed by atoms with E-state index in [2.05, 4.69) is 9.88 Å². The lowest BCUT2D eigenvalue weighted by atomic mass is 9.95. The Kier molecular flexibility index (Phi) is 4.07. The number of aromatic nitrogens is 1.